The van der Waals surface area contributed by atoms with E-state index in [1.807, 2.05) is 0 Å². The van der Waals surface area contributed by atoms with Crippen molar-refractivity contribution in [2.75, 3.05) is 0 Å². The lowest BCUT2D eigenvalue weighted by atomic mass is 10.2. The third-order valence-corrected chi connectivity index (χ3v) is 3.63. The first-order valence-corrected chi connectivity index (χ1v) is 5.27. The number of hydrogen-bond donors (Lipinski definition) is 0. The van der Waals surface area contributed by atoms with E-state index in [0.717, 1.165) is 6.07 Å². The average molecular weight is 276 g/mol. The van der Waals surface area contributed by atoms with Crippen LogP contribution in [0.25, 0.3) is 10.1 Å². The lowest BCUT2D eigenvalue weighted by molar-refractivity contribution is -0.383. The summed E-state index contributed by atoms with van der Waals surface area (Å²) in [6, 6.07) is 2.22. The number of halogens is 2. The van der Waals surface area contributed by atoms with Crippen LogP contribution in [0.2, 0.25) is 0 Å². The van der Waals surface area contributed by atoms with E-state index in [0.29, 0.717) is 14.6 Å². The van der Waals surface area contributed by atoms with E-state index in [2.05, 4.69) is 15.9 Å². The smallest absolute Gasteiger partial charge is 0.258 e. The highest BCUT2D eigenvalue weighted by Crippen LogP contribution is 2.37. The molecule has 0 radical (unpaired) electrons. The number of benzene rings is 1. The van der Waals surface area contributed by atoms with Crippen molar-refractivity contribution < 1.29 is 9.31 Å². The van der Waals surface area contributed by atoms with E-state index in [1.165, 1.54) is 17.4 Å². The van der Waals surface area contributed by atoms with E-state index in [-0.39, 0.29) is 5.69 Å². The summed E-state index contributed by atoms with van der Waals surface area (Å²) < 4.78 is 14.2. The monoisotopic (exact) mass is 275 g/mol. The SMILES string of the molecule is O=[N+]([O-])c1cc(F)cc2scc(Br)c12. The first-order valence-electron chi connectivity index (χ1n) is 3.60. The molecule has 1 heterocycles. The molecule has 6 heteroatoms. The zero-order chi connectivity index (χ0) is 10.3. The zero-order valence-electron chi connectivity index (χ0n) is 6.66. The third kappa shape index (κ3) is 1.40. The van der Waals surface area contributed by atoms with Gasteiger partial charge in [0, 0.05) is 14.6 Å². The Balaban J connectivity index is 2.90. The molecule has 0 amide bonds. The molecule has 0 N–H and O–H groups in total. The highest BCUT2D eigenvalue weighted by atomic mass is 79.9. The minimum Gasteiger partial charge on any atom is -0.258 e. The van der Waals surface area contributed by atoms with Crippen LogP contribution in [0.15, 0.2) is 22.0 Å². The number of nitrogens with zero attached hydrogens (tertiary/aromatic N) is 1. The second-order valence-electron chi connectivity index (χ2n) is 2.64. The summed E-state index contributed by atoms with van der Waals surface area (Å²) in [5, 5.41) is 12.8. The van der Waals surface area contributed by atoms with Crippen molar-refractivity contribution in [3.63, 3.8) is 0 Å². The summed E-state index contributed by atoms with van der Waals surface area (Å²) in [6.45, 7) is 0. The van der Waals surface area contributed by atoms with E-state index in [9.17, 15) is 14.5 Å². The molecule has 0 unspecified atom stereocenters. The number of hydrogen-bond acceptors (Lipinski definition) is 3. The van der Waals surface area contributed by atoms with Crippen LogP contribution in [-0.2, 0) is 0 Å². The second kappa shape index (κ2) is 3.29. The maximum absolute atomic E-state index is 13.0. The molecule has 1 aromatic carbocycles. The number of non-ortho nitro benzene ring substituents is 1. The Hall–Kier alpha value is -1.01. The van der Waals surface area contributed by atoms with Gasteiger partial charge >= 0.3 is 0 Å². The van der Waals surface area contributed by atoms with Crippen molar-refractivity contribution in [3.8, 4) is 0 Å². The summed E-state index contributed by atoms with van der Waals surface area (Å²) in [5.41, 5.74) is -0.201. The Kier molecular flexibility index (Phi) is 2.24. The van der Waals surface area contributed by atoms with Crippen molar-refractivity contribution in [1.82, 2.24) is 0 Å². The summed E-state index contributed by atoms with van der Waals surface area (Å²) in [5.74, 6) is -0.585. The molecule has 0 bridgehead atoms. The van der Waals surface area contributed by atoms with Crippen LogP contribution < -0.4 is 0 Å². The maximum Gasteiger partial charge on any atom is 0.282 e. The highest BCUT2D eigenvalue weighted by molar-refractivity contribution is 9.10. The quantitative estimate of drug-likeness (QED) is 0.588. The maximum atomic E-state index is 13.0. The number of fused-ring (bicyclic) bond motifs is 1. The van der Waals surface area contributed by atoms with Gasteiger partial charge in [-0.1, -0.05) is 0 Å². The Labute approximate surface area is 90.4 Å². The molecule has 0 aliphatic heterocycles. The fraction of sp³-hybridized carbons (Fsp3) is 0. The van der Waals surface area contributed by atoms with Gasteiger partial charge in [0.15, 0.2) is 0 Å². The largest absolute Gasteiger partial charge is 0.282 e. The van der Waals surface area contributed by atoms with Gasteiger partial charge in [0.25, 0.3) is 5.69 Å². The summed E-state index contributed by atoms with van der Waals surface area (Å²) in [7, 11) is 0. The van der Waals surface area contributed by atoms with Gasteiger partial charge in [0.05, 0.1) is 16.4 Å². The van der Waals surface area contributed by atoms with Gasteiger partial charge < -0.3 is 0 Å². The van der Waals surface area contributed by atoms with Crippen LogP contribution in [0.1, 0.15) is 0 Å². The molecule has 0 fully saturated rings. The van der Waals surface area contributed by atoms with Gasteiger partial charge in [-0.15, -0.1) is 11.3 Å². The van der Waals surface area contributed by atoms with Crippen LogP contribution in [0, 0.1) is 15.9 Å². The minimum absolute atomic E-state index is 0.201. The van der Waals surface area contributed by atoms with Gasteiger partial charge in [-0.05, 0) is 22.0 Å². The van der Waals surface area contributed by atoms with Crippen LogP contribution >= 0.6 is 27.3 Å². The standard InChI is InChI=1S/C8H3BrFNO2S/c9-5-3-14-7-2-4(10)1-6(8(5)7)11(12)13/h1-3H. The second-order valence-corrected chi connectivity index (χ2v) is 4.40. The molecule has 0 saturated heterocycles. The molecular weight excluding hydrogens is 273 g/mol. The van der Waals surface area contributed by atoms with Crippen molar-refractivity contribution in [2.24, 2.45) is 0 Å². The van der Waals surface area contributed by atoms with Crippen molar-refractivity contribution in [1.29, 1.82) is 0 Å². The minimum atomic E-state index is -0.585. The number of nitro groups is 1. The molecule has 0 aliphatic rings. The number of nitro benzene ring substituents is 1. The molecule has 72 valence electrons. The van der Waals surface area contributed by atoms with E-state index < -0.39 is 10.7 Å². The molecule has 1 aromatic heterocycles. The molecule has 2 aromatic rings. The fourth-order valence-electron chi connectivity index (χ4n) is 1.22. The first kappa shape index (κ1) is 9.54. The summed E-state index contributed by atoms with van der Waals surface area (Å²) in [4.78, 5) is 10.1. The van der Waals surface area contributed by atoms with Crippen molar-refractivity contribution in [3.05, 3.63) is 37.9 Å². The summed E-state index contributed by atoms with van der Waals surface area (Å²) >= 11 is 4.46. The Morgan fingerprint density at radius 3 is 2.86 bits per heavy atom. The van der Waals surface area contributed by atoms with Crippen LogP contribution in [0.5, 0.6) is 0 Å². The molecule has 14 heavy (non-hydrogen) atoms. The molecular formula is C8H3BrFNO2S. The van der Waals surface area contributed by atoms with Gasteiger partial charge in [-0.3, -0.25) is 10.1 Å². The van der Waals surface area contributed by atoms with Gasteiger partial charge in [-0.25, -0.2) is 4.39 Å². The van der Waals surface area contributed by atoms with Crippen molar-refractivity contribution in [2.45, 2.75) is 0 Å². The molecule has 0 aliphatic carbocycles. The number of rotatable bonds is 1. The van der Waals surface area contributed by atoms with Gasteiger partial charge in [0.1, 0.15) is 5.82 Å². The van der Waals surface area contributed by atoms with Gasteiger partial charge in [-0.2, -0.15) is 0 Å². The Morgan fingerprint density at radius 2 is 2.21 bits per heavy atom. The average Bonchev–Trinajstić information content (AvgIpc) is 2.46. The predicted molar refractivity (Wildman–Crippen MR) is 56.1 cm³/mol. The van der Waals surface area contributed by atoms with Crippen LogP contribution in [0.4, 0.5) is 10.1 Å². The molecule has 2 rings (SSSR count). The third-order valence-electron chi connectivity index (χ3n) is 1.77. The molecule has 0 saturated carbocycles. The normalized spacial score (nSPS) is 10.7. The van der Waals surface area contributed by atoms with Crippen LogP contribution in [-0.4, -0.2) is 4.92 Å². The molecule has 0 atom stereocenters. The van der Waals surface area contributed by atoms with E-state index in [4.69, 9.17) is 0 Å². The lowest BCUT2D eigenvalue weighted by Crippen LogP contribution is -1.89. The highest BCUT2D eigenvalue weighted by Gasteiger charge is 2.17. The number of thiophene rings is 1. The van der Waals surface area contributed by atoms with Crippen molar-refractivity contribution >= 4 is 43.0 Å². The predicted octanol–water partition coefficient (Wildman–Crippen LogP) is 3.71. The Bertz CT molecular complexity index is 525. The van der Waals surface area contributed by atoms with E-state index >= 15 is 0 Å². The lowest BCUT2D eigenvalue weighted by Gasteiger charge is -1.95. The van der Waals surface area contributed by atoms with Gasteiger partial charge in [0.2, 0.25) is 0 Å². The topological polar surface area (TPSA) is 43.1 Å². The fourth-order valence-corrected chi connectivity index (χ4v) is 2.91. The van der Waals surface area contributed by atoms with Crippen LogP contribution in [0.3, 0.4) is 0 Å². The summed E-state index contributed by atoms with van der Waals surface area (Å²) in [6.07, 6.45) is 0. The first-order chi connectivity index (χ1) is 6.59. The zero-order valence-corrected chi connectivity index (χ0v) is 9.06. The Morgan fingerprint density at radius 1 is 1.50 bits per heavy atom. The molecule has 0 spiro atoms. The molecule has 3 nitrogen and oxygen atoms in total. The van der Waals surface area contributed by atoms with E-state index in [1.54, 1.807) is 5.38 Å².